The lowest BCUT2D eigenvalue weighted by Gasteiger charge is -2.25. The number of aromatic nitrogens is 1. The number of benzene rings is 1. The molecule has 0 aliphatic carbocycles. The lowest BCUT2D eigenvalue weighted by atomic mass is 10.2. The average molecular weight is 408 g/mol. The number of ether oxygens (including phenoxy) is 1. The Morgan fingerprint density at radius 1 is 1.33 bits per heavy atom. The van der Waals surface area contributed by atoms with E-state index in [9.17, 15) is 9.59 Å². The van der Waals surface area contributed by atoms with Crippen molar-refractivity contribution in [1.82, 2.24) is 14.8 Å². The molecule has 1 fully saturated rings. The van der Waals surface area contributed by atoms with Gasteiger partial charge in [-0.2, -0.15) is 0 Å². The fourth-order valence-electron chi connectivity index (χ4n) is 3.08. The van der Waals surface area contributed by atoms with Crippen molar-refractivity contribution in [3.05, 3.63) is 44.9 Å². The molecular formula is C19H22ClN3O3S. The summed E-state index contributed by atoms with van der Waals surface area (Å²) in [5.74, 6) is 0.533. The summed E-state index contributed by atoms with van der Waals surface area (Å²) in [5, 5.41) is 1.37. The number of thiazole rings is 1. The Balaban J connectivity index is 1.70. The van der Waals surface area contributed by atoms with Gasteiger partial charge in [-0.25, -0.2) is 4.98 Å². The van der Waals surface area contributed by atoms with Crippen LogP contribution >= 0.6 is 22.9 Å². The van der Waals surface area contributed by atoms with Gasteiger partial charge in [0.05, 0.1) is 5.69 Å². The molecule has 27 heavy (non-hydrogen) atoms. The fraction of sp³-hybridized carbons (Fsp3) is 0.421. The zero-order valence-corrected chi connectivity index (χ0v) is 17.1. The summed E-state index contributed by atoms with van der Waals surface area (Å²) in [7, 11) is 3.43. The van der Waals surface area contributed by atoms with Gasteiger partial charge in [0.1, 0.15) is 28.3 Å². The minimum Gasteiger partial charge on any atom is -0.486 e. The van der Waals surface area contributed by atoms with Crippen LogP contribution in [-0.4, -0.2) is 53.3 Å². The number of rotatable bonds is 5. The quantitative estimate of drug-likeness (QED) is 0.762. The van der Waals surface area contributed by atoms with Crippen LogP contribution < -0.4 is 4.74 Å². The van der Waals surface area contributed by atoms with Crippen molar-refractivity contribution < 1.29 is 14.3 Å². The van der Waals surface area contributed by atoms with Crippen LogP contribution in [0.2, 0.25) is 5.02 Å². The molecule has 0 N–H and O–H groups in total. The van der Waals surface area contributed by atoms with Gasteiger partial charge >= 0.3 is 0 Å². The molecule has 1 aliphatic heterocycles. The van der Waals surface area contributed by atoms with Crippen molar-refractivity contribution in [2.24, 2.45) is 0 Å². The van der Waals surface area contributed by atoms with Crippen LogP contribution in [0.25, 0.3) is 0 Å². The molecule has 0 bridgehead atoms. The molecule has 1 aromatic heterocycles. The maximum absolute atomic E-state index is 13.0. The van der Waals surface area contributed by atoms with Gasteiger partial charge in [0.25, 0.3) is 5.91 Å². The average Bonchev–Trinajstić information content (AvgIpc) is 3.26. The van der Waals surface area contributed by atoms with Crippen molar-refractivity contribution in [2.75, 3.05) is 20.6 Å². The molecule has 8 heteroatoms. The summed E-state index contributed by atoms with van der Waals surface area (Å²) in [5.41, 5.74) is 0.669. The first kappa shape index (κ1) is 19.6. The van der Waals surface area contributed by atoms with Crippen LogP contribution in [0.4, 0.5) is 0 Å². The van der Waals surface area contributed by atoms with Gasteiger partial charge in [0, 0.05) is 25.7 Å². The topological polar surface area (TPSA) is 62.7 Å². The van der Waals surface area contributed by atoms with E-state index in [1.165, 1.54) is 11.3 Å². The van der Waals surface area contributed by atoms with E-state index in [1.54, 1.807) is 48.2 Å². The highest BCUT2D eigenvalue weighted by atomic mass is 35.5. The summed E-state index contributed by atoms with van der Waals surface area (Å²) in [4.78, 5) is 33.6. The molecule has 1 saturated heterocycles. The molecule has 6 nitrogen and oxygen atoms in total. The zero-order valence-electron chi connectivity index (χ0n) is 15.6. The van der Waals surface area contributed by atoms with Gasteiger partial charge in [-0.05, 0) is 44.0 Å². The molecule has 144 valence electrons. The number of amides is 2. The predicted octanol–water partition coefficient (Wildman–Crippen LogP) is 3.38. The van der Waals surface area contributed by atoms with Crippen molar-refractivity contribution in [1.29, 1.82) is 0 Å². The number of carbonyl (C=O) groups excluding carboxylic acids is 2. The summed E-state index contributed by atoms with van der Waals surface area (Å²) in [6.07, 6.45) is 1.54. The van der Waals surface area contributed by atoms with Crippen molar-refractivity contribution in [2.45, 2.75) is 32.4 Å². The molecule has 1 atom stereocenters. The number of carbonyl (C=O) groups is 2. The van der Waals surface area contributed by atoms with E-state index in [0.717, 1.165) is 11.4 Å². The highest BCUT2D eigenvalue weighted by molar-refractivity contribution is 7.13. The molecule has 2 amide bonds. The number of halogens is 1. The van der Waals surface area contributed by atoms with E-state index in [4.69, 9.17) is 16.3 Å². The molecule has 2 aromatic rings. The fourth-order valence-corrected chi connectivity index (χ4v) is 4.14. The summed E-state index contributed by atoms with van der Waals surface area (Å²) >= 11 is 7.19. The minimum absolute atomic E-state index is 0.0330. The minimum atomic E-state index is -0.386. The molecular weight excluding hydrogens is 386 g/mol. The molecule has 1 aliphatic rings. The van der Waals surface area contributed by atoms with E-state index in [0.29, 0.717) is 34.3 Å². The molecule has 3 rings (SSSR count). The lowest BCUT2D eigenvalue weighted by molar-refractivity contribution is -0.132. The van der Waals surface area contributed by atoms with Crippen LogP contribution in [0.1, 0.15) is 33.2 Å². The number of nitrogens with zero attached hydrogens (tertiary/aromatic N) is 3. The molecule has 1 unspecified atom stereocenters. The second-order valence-electron chi connectivity index (χ2n) is 6.65. The maximum Gasteiger partial charge on any atom is 0.266 e. The SMILES string of the molecule is Cc1nc(COc2ccc(Cl)cc2)sc1C(=O)N1CCCC1C(=O)N(C)C. The van der Waals surface area contributed by atoms with E-state index in [-0.39, 0.29) is 24.5 Å². The largest absolute Gasteiger partial charge is 0.486 e. The molecule has 0 saturated carbocycles. The van der Waals surface area contributed by atoms with Gasteiger partial charge in [-0.1, -0.05) is 11.6 Å². The maximum atomic E-state index is 13.0. The third-order valence-electron chi connectivity index (χ3n) is 4.45. The standard InChI is InChI=1S/C19H22ClN3O3S/c1-12-17(19(25)23-10-4-5-15(23)18(24)22(2)3)27-16(21-12)11-26-14-8-6-13(20)7-9-14/h6-9,15H,4-5,10-11H2,1-3H3. The number of likely N-dealkylation sites (N-methyl/N-ethyl adjacent to an activating group) is 1. The monoisotopic (exact) mass is 407 g/mol. The van der Waals surface area contributed by atoms with Crippen LogP contribution in [0.3, 0.4) is 0 Å². The molecule has 1 aromatic carbocycles. The molecule has 0 spiro atoms. The Labute approximate surface area is 167 Å². The van der Waals surface area contributed by atoms with E-state index >= 15 is 0 Å². The van der Waals surface area contributed by atoms with Gasteiger partial charge < -0.3 is 14.5 Å². The van der Waals surface area contributed by atoms with E-state index in [1.807, 2.05) is 6.92 Å². The van der Waals surface area contributed by atoms with Crippen LogP contribution in [-0.2, 0) is 11.4 Å². The van der Waals surface area contributed by atoms with Gasteiger partial charge in [0.15, 0.2) is 0 Å². The Morgan fingerprint density at radius 3 is 2.70 bits per heavy atom. The van der Waals surface area contributed by atoms with Crippen molar-refractivity contribution in [3.8, 4) is 5.75 Å². The lowest BCUT2D eigenvalue weighted by Crippen LogP contribution is -2.45. The number of hydrogen-bond donors (Lipinski definition) is 0. The van der Waals surface area contributed by atoms with Crippen LogP contribution in [0.5, 0.6) is 5.75 Å². The molecule has 0 radical (unpaired) electrons. The third kappa shape index (κ3) is 4.42. The van der Waals surface area contributed by atoms with E-state index < -0.39 is 0 Å². The normalized spacial score (nSPS) is 16.4. The zero-order chi connectivity index (χ0) is 19.6. The van der Waals surface area contributed by atoms with Crippen molar-refractivity contribution >= 4 is 34.8 Å². The van der Waals surface area contributed by atoms with Crippen molar-refractivity contribution in [3.63, 3.8) is 0 Å². The number of aryl methyl sites for hydroxylation is 1. The summed E-state index contributed by atoms with van der Waals surface area (Å²) < 4.78 is 5.72. The Bertz CT molecular complexity index is 835. The second kappa shape index (κ2) is 8.27. The Morgan fingerprint density at radius 2 is 2.04 bits per heavy atom. The van der Waals surface area contributed by atoms with E-state index in [2.05, 4.69) is 4.98 Å². The second-order valence-corrected chi connectivity index (χ2v) is 8.17. The smallest absolute Gasteiger partial charge is 0.266 e. The summed E-state index contributed by atoms with van der Waals surface area (Å²) in [6, 6.07) is 6.71. The number of hydrogen-bond acceptors (Lipinski definition) is 5. The highest BCUT2D eigenvalue weighted by Crippen LogP contribution is 2.27. The number of likely N-dealkylation sites (tertiary alicyclic amines) is 1. The first-order chi connectivity index (χ1) is 12.9. The Kier molecular flexibility index (Phi) is 6.01. The highest BCUT2D eigenvalue weighted by Gasteiger charge is 2.36. The Hall–Kier alpha value is -2.12. The third-order valence-corrected chi connectivity index (χ3v) is 5.82. The summed E-state index contributed by atoms with van der Waals surface area (Å²) in [6.45, 7) is 2.69. The van der Waals surface area contributed by atoms with Crippen LogP contribution in [0, 0.1) is 6.92 Å². The van der Waals surface area contributed by atoms with Crippen LogP contribution in [0.15, 0.2) is 24.3 Å². The molecule has 2 heterocycles. The van der Waals surface area contributed by atoms with Gasteiger partial charge in [-0.15, -0.1) is 11.3 Å². The van der Waals surface area contributed by atoms with Gasteiger partial charge in [0.2, 0.25) is 5.91 Å². The first-order valence-corrected chi connectivity index (χ1v) is 9.93. The van der Waals surface area contributed by atoms with Gasteiger partial charge in [-0.3, -0.25) is 9.59 Å². The predicted molar refractivity (Wildman–Crippen MR) is 105 cm³/mol. The first-order valence-electron chi connectivity index (χ1n) is 8.73.